The first kappa shape index (κ1) is 19.8. The number of nitrogens with zero attached hydrogens (tertiary/aromatic N) is 3. The van der Waals surface area contributed by atoms with Crippen LogP contribution < -0.4 is 10.6 Å². The first-order valence-electron chi connectivity index (χ1n) is 9.57. The number of piperidine rings is 1. The van der Waals surface area contributed by atoms with Crippen LogP contribution in [0.25, 0.3) is 0 Å². The zero-order valence-corrected chi connectivity index (χ0v) is 16.8. The van der Waals surface area contributed by atoms with Gasteiger partial charge in [0.1, 0.15) is 0 Å². The van der Waals surface area contributed by atoms with Crippen molar-refractivity contribution in [2.24, 2.45) is 0 Å². The molecule has 2 N–H and O–H groups in total. The van der Waals surface area contributed by atoms with Gasteiger partial charge in [0, 0.05) is 0 Å². The van der Waals surface area contributed by atoms with E-state index in [-0.39, 0.29) is 29.8 Å². The molecule has 1 atom stereocenters. The number of carbonyl (C=O) groups excluding carboxylic acids is 1. The van der Waals surface area contributed by atoms with Crippen LogP contribution in [0.5, 0.6) is 0 Å². The normalized spacial score (nSPS) is 21.8. The van der Waals surface area contributed by atoms with Gasteiger partial charge in [-0.2, -0.15) is 0 Å². The molecule has 0 radical (unpaired) electrons. The van der Waals surface area contributed by atoms with Crippen molar-refractivity contribution in [2.75, 3.05) is 13.1 Å². The van der Waals surface area contributed by atoms with Gasteiger partial charge in [-0.1, -0.05) is 43.3 Å². The van der Waals surface area contributed by atoms with E-state index in [2.05, 4.69) is 53.0 Å². The summed E-state index contributed by atoms with van der Waals surface area (Å²) < 4.78 is 1.85. The van der Waals surface area contributed by atoms with E-state index in [1.807, 2.05) is 10.7 Å². The number of hydrogen-bond acceptors (Lipinski definition) is 4. The average molecular weight is 390 g/mol. The van der Waals surface area contributed by atoms with Crippen molar-refractivity contribution < 1.29 is 4.79 Å². The van der Waals surface area contributed by atoms with Gasteiger partial charge in [-0.25, -0.2) is 4.68 Å². The van der Waals surface area contributed by atoms with E-state index < -0.39 is 0 Å². The Hall–Kier alpha value is -1.92. The first-order chi connectivity index (χ1) is 12.5. The summed E-state index contributed by atoms with van der Waals surface area (Å²) in [5.41, 5.74) is 3.11. The molecular formula is C20H28ClN5O. The van der Waals surface area contributed by atoms with Gasteiger partial charge in [-0.15, -0.1) is 17.5 Å². The summed E-state index contributed by atoms with van der Waals surface area (Å²) in [4.78, 5) is 12.7. The number of carbonyl (C=O) groups is 1. The Morgan fingerprint density at radius 1 is 1.22 bits per heavy atom. The fourth-order valence-corrected chi connectivity index (χ4v) is 4.23. The van der Waals surface area contributed by atoms with E-state index in [0.717, 1.165) is 38.8 Å². The second-order valence-electron chi connectivity index (χ2n) is 8.10. The minimum atomic E-state index is -0.135. The predicted octanol–water partition coefficient (Wildman–Crippen LogP) is 3.17. The molecule has 146 valence electrons. The first-order valence-corrected chi connectivity index (χ1v) is 9.57. The molecule has 6 nitrogen and oxygen atoms in total. The lowest BCUT2D eigenvalue weighted by molar-refractivity contribution is 0.0924. The molecule has 1 saturated heterocycles. The van der Waals surface area contributed by atoms with Crippen molar-refractivity contribution in [3.05, 3.63) is 47.3 Å². The van der Waals surface area contributed by atoms with Crippen LogP contribution in [0.4, 0.5) is 0 Å². The van der Waals surface area contributed by atoms with Crippen molar-refractivity contribution in [1.82, 2.24) is 25.6 Å². The molecule has 0 bridgehead atoms. The number of halogens is 1. The molecule has 2 aliphatic rings. The topological polar surface area (TPSA) is 71.8 Å². The molecule has 1 aromatic carbocycles. The number of fused-ring (bicyclic) bond motifs is 1. The lowest BCUT2D eigenvalue weighted by Crippen LogP contribution is -2.35. The van der Waals surface area contributed by atoms with Crippen molar-refractivity contribution in [3.63, 3.8) is 0 Å². The summed E-state index contributed by atoms with van der Waals surface area (Å²) in [7, 11) is 0. The van der Waals surface area contributed by atoms with E-state index in [4.69, 9.17) is 0 Å². The van der Waals surface area contributed by atoms with Gasteiger partial charge in [-0.3, -0.25) is 4.79 Å². The van der Waals surface area contributed by atoms with Gasteiger partial charge in [0.15, 0.2) is 5.69 Å². The maximum Gasteiger partial charge on any atom is 0.273 e. The third kappa shape index (κ3) is 4.01. The zero-order chi connectivity index (χ0) is 18.1. The number of amides is 1. The third-order valence-corrected chi connectivity index (χ3v) is 5.85. The number of hydrogen-bond donors (Lipinski definition) is 2. The summed E-state index contributed by atoms with van der Waals surface area (Å²) in [5.74, 6) is -0.135. The maximum absolute atomic E-state index is 12.7. The highest BCUT2D eigenvalue weighted by Crippen LogP contribution is 2.41. The van der Waals surface area contributed by atoms with Gasteiger partial charge in [0.05, 0.1) is 18.3 Å². The van der Waals surface area contributed by atoms with E-state index in [1.165, 1.54) is 11.1 Å². The Bertz CT molecular complexity index is 797. The lowest BCUT2D eigenvalue weighted by atomic mass is 9.71. The van der Waals surface area contributed by atoms with Crippen LogP contribution in [0.15, 0.2) is 30.5 Å². The second kappa shape index (κ2) is 7.98. The molecular weight excluding hydrogens is 362 g/mol. The summed E-state index contributed by atoms with van der Waals surface area (Å²) in [6.45, 7) is 6.52. The van der Waals surface area contributed by atoms with Crippen molar-refractivity contribution >= 4 is 18.3 Å². The van der Waals surface area contributed by atoms with Gasteiger partial charge in [-0.05, 0) is 55.3 Å². The molecule has 7 heteroatoms. The Morgan fingerprint density at radius 3 is 2.74 bits per heavy atom. The van der Waals surface area contributed by atoms with Crippen LogP contribution in [-0.4, -0.2) is 34.0 Å². The summed E-state index contributed by atoms with van der Waals surface area (Å²) in [6.07, 6.45) is 5.84. The van der Waals surface area contributed by atoms with Crippen molar-refractivity contribution in [2.45, 2.75) is 57.0 Å². The fraction of sp³-hybridized carbons (Fsp3) is 0.550. The van der Waals surface area contributed by atoms with Gasteiger partial charge in [0.25, 0.3) is 5.91 Å². The fourth-order valence-electron chi connectivity index (χ4n) is 4.23. The molecule has 0 saturated carbocycles. The Morgan fingerprint density at radius 2 is 1.96 bits per heavy atom. The lowest BCUT2D eigenvalue weighted by Gasteiger charge is -2.37. The predicted molar refractivity (Wildman–Crippen MR) is 107 cm³/mol. The molecule has 1 aliphatic carbocycles. The van der Waals surface area contributed by atoms with Crippen molar-refractivity contribution in [3.8, 4) is 0 Å². The molecule has 1 unspecified atom stereocenters. The molecule has 2 heterocycles. The quantitative estimate of drug-likeness (QED) is 0.845. The smallest absolute Gasteiger partial charge is 0.273 e. The third-order valence-electron chi connectivity index (χ3n) is 5.85. The average Bonchev–Trinajstić information content (AvgIpc) is 3.15. The standard InChI is InChI=1S/C20H27N5O.ClH/c1-20(2)10-7-17(15-5-3-4-6-16(15)20)22-19(26)18-13-25(24-23-18)14-8-11-21-12-9-14;/h3-6,13-14,17,21H,7-12H2,1-2H3,(H,22,26);1H. The molecule has 1 amide bonds. The number of rotatable bonds is 3. The van der Waals surface area contributed by atoms with E-state index in [0.29, 0.717) is 11.7 Å². The zero-order valence-electron chi connectivity index (χ0n) is 15.9. The largest absolute Gasteiger partial charge is 0.344 e. The molecule has 1 fully saturated rings. The molecule has 1 aliphatic heterocycles. The maximum atomic E-state index is 12.7. The Kier molecular flexibility index (Phi) is 5.86. The summed E-state index contributed by atoms with van der Waals surface area (Å²) in [6, 6.07) is 8.81. The van der Waals surface area contributed by atoms with Gasteiger partial charge in [0.2, 0.25) is 0 Å². The Balaban J connectivity index is 0.00000210. The molecule has 4 rings (SSSR count). The van der Waals surface area contributed by atoms with Crippen LogP contribution in [0, 0.1) is 0 Å². The van der Waals surface area contributed by atoms with E-state index >= 15 is 0 Å². The number of benzene rings is 1. The molecule has 0 spiro atoms. The molecule has 2 aromatic rings. The van der Waals surface area contributed by atoms with Crippen molar-refractivity contribution in [1.29, 1.82) is 0 Å². The van der Waals surface area contributed by atoms with Crippen LogP contribution in [0.3, 0.4) is 0 Å². The monoisotopic (exact) mass is 389 g/mol. The summed E-state index contributed by atoms with van der Waals surface area (Å²) >= 11 is 0. The van der Waals surface area contributed by atoms with Crippen LogP contribution >= 0.6 is 12.4 Å². The van der Waals surface area contributed by atoms with Gasteiger partial charge < -0.3 is 10.6 Å². The van der Waals surface area contributed by atoms with Crippen LogP contribution in [0.1, 0.15) is 73.2 Å². The number of nitrogens with one attached hydrogen (secondary N) is 2. The highest BCUT2D eigenvalue weighted by atomic mass is 35.5. The molecule has 27 heavy (non-hydrogen) atoms. The van der Waals surface area contributed by atoms with E-state index in [9.17, 15) is 4.79 Å². The Labute approximate surface area is 166 Å². The molecule has 1 aromatic heterocycles. The minimum Gasteiger partial charge on any atom is -0.344 e. The number of aromatic nitrogens is 3. The summed E-state index contributed by atoms with van der Waals surface area (Å²) in [5, 5.41) is 14.8. The highest BCUT2D eigenvalue weighted by Gasteiger charge is 2.33. The second-order valence-corrected chi connectivity index (χ2v) is 8.10. The van der Waals surface area contributed by atoms with Crippen LogP contribution in [0.2, 0.25) is 0 Å². The minimum absolute atomic E-state index is 0. The van der Waals surface area contributed by atoms with E-state index in [1.54, 1.807) is 6.20 Å². The van der Waals surface area contributed by atoms with Crippen LogP contribution in [-0.2, 0) is 5.41 Å². The SMILES string of the molecule is CC1(C)CCC(NC(=O)c2cn(C3CCNCC3)nn2)c2ccccc21.Cl. The highest BCUT2D eigenvalue weighted by molar-refractivity contribution is 5.92. The van der Waals surface area contributed by atoms with Gasteiger partial charge >= 0.3 is 0 Å².